The molecule has 0 aromatic heterocycles. The van der Waals surface area contributed by atoms with Crippen LogP contribution in [0.4, 0.5) is 5.69 Å². The lowest BCUT2D eigenvalue weighted by molar-refractivity contribution is -0.656. The van der Waals surface area contributed by atoms with Gasteiger partial charge in [0, 0.05) is 11.3 Å². The number of hydrogen-bond donors (Lipinski definition) is 1. The van der Waals surface area contributed by atoms with Crippen molar-refractivity contribution in [3.05, 3.63) is 60.2 Å². The van der Waals surface area contributed by atoms with Crippen molar-refractivity contribution >= 4 is 22.6 Å². The summed E-state index contributed by atoms with van der Waals surface area (Å²) in [6.07, 6.45) is 1.08. The Balaban J connectivity index is 0.00000196. The second-order valence-corrected chi connectivity index (χ2v) is 7.39. The van der Waals surface area contributed by atoms with Gasteiger partial charge >= 0.3 is 5.17 Å². The Bertz CT molecular complexity index is 782. The number of β-amino-alcohol motifs (C(OH)–C–C–N with tert-alkyl or cyclic N) is 1. The summed E-state index contributed by atoms with van der Waals surface area (Å²) in [5.74, 6) is 1.96. The van der Waals surface area contributed by atoms with Gasteiger partial charge in [0.25, 0.3) is 5.72 Å². The van der Waals surface area contributed by atoms with Gasteiger partial charge < -0.3 is 26.8 Å². The molecule has 1 atom stereocenters. The van der Waals surface area contributed by atoms with Crippen LogP contribution in [0.5, 0.6) is 5.75 Å². The molecule has 6 heteroatoms. The molecule has 0 fully saturated rings. The molecule has 2 aromatic carbocycles. The normalized spacial score (nSPS) is 22.0. The minimum Gasteiger partial charge on any atom is -1.00 e. The van der Waals surface area contributed by atoms with Gasteiger partial charge in [-0.05, 0) is 49.4 Å². The van der Waals surface area contributed by atoms with Crippen molar-refractivity contribution in [3.8, 4) is 5.75 Å². The topological polar surface area (TPSA) is 35.7 Å². The van der Waals surface area contributed by atoms with Crippen LogP contribution in [-0.2, 0) is 5.72 Å². The molecule has 0 radical (unpaired) electrons. The highest BCUT2D eigenvalue weighted by molar-refractivity contribution is 8.13. The first-order chi connectivity index (χ1) is 12.2. The third-order valence-corrected chi connectivity index (χ3v) is 5.93. The molecule has 2 aliphatic rings. The van der Waals surface area contributed by atoms with Crippen LogP contribution >= 0.6 is 11.8 Å². The maximum atomic E-state index is 11.6. The lowest BCUT2D eigenvalue weighted by Gasteiger charge is -2.24. The fraction of sp³-hybridized carbons (Fsp3) is 0.350. The minimum absolute atomic E-state index is 0. The zero-order chi connectivity index (χ0) is 17.3. The summed E-state index contributed by atoms with van der Waals surface area (Å²) in [6.45, 7) is 4.06. The van der Waals surface area contributed by atoms with Crippen LogP contribution < -0.4 is 26.6 Å². The van der Waals surface area contributed by atoms with Gasteiger partial charge in [0.15, 0.2) is 6.54 Å². The van der Waals surface area contributed by atoms with Crippen molar-refractivity contribution in [3.63, 3.8) is 0 Å². The predicted molar refractivity (Wildman–Crippen MR) is 103 cm³/mol. The van der Waals surface area contributed by atoms with Gasteiger partial charge in [-0.2, -0.15) is 0 Å². The highest BCUT2D eigenvalue weighted by atomic mass is 79.9. The van der Waals surface area contributed by atoms with Crippen LogP contribution in [0.2, 0.25) is 0 Å². The number of thioether (sulfide) groups is 1. The van der Waals surface area contributed by atoms with Gasteiger partial charge in [-0.15, -0.1) is 0 Å². The van der Waals surface area contributed by atoms with Gasteiger partial charge in [0.05, 0.1) is 13.2 Å². The monoisotopic (exact) mass is 434 g/mol. The molecule has 0 bridgehead atoms. The Morgan fingerprint density at radius 1 is 1.15 bits per heavy atom. The Morgan fingerprint density at radius 2 is 1.88 bits per heavy atom. The number of nitrogens with zero attached hydrogens (tertiary/aromatic N) is 2. The van der Waals surface area contributed by atoms with E-state index in [0.29, 0.717) is 13.2 Å². The summed E-state index contributed by atoms with van der Waals surface area (Å²) in [5.41, 5.74) is 1.05. The lowest BCUT2D eigenvalue weighted by atomic mass is 10.0. The fourth-order valence-electron chi connectivity index (χ4n) is 3.54. The number of amidine groups is 1. The number of hydrogen-bond acceptors (Lipinski definition) is 4. The molecule has 0 saturated carbocycles. The molecule has 2 aromatic rings. The van der Waals surface area contributed by atoms with Gasteiger partial charge in [0.2, 0.25) is 0 Å². The van der Waals surface area contributed by atoms with Crippen LogP contribution in [0, 0.1) is 0 Å². The smallest absolute Gasteiger partial charge is 0.316 e. The molecule has 4 rings (SSSR count). The molecular formula is C20H23BrN2O2S. The number of anilines is 1. The molecule has 138 valence electrons. The fourth-order valence-corrected chi connectivity index (χ4v) is 4.72. The van der Waals surface area contributed by atoms with Crippen LogP contribution in [0.1, 0.15) is 18.9 Å². The van der Waals surface area contributed by atoms with Crippen molar-refractivity contribution in [1.29, 1.82) is 0 Å². The molecule has 4 nitrogen and oxygen atoms in total. The van der Waals surface area contributed by atoms with E-state index in [9.17, 15) is 5.11 Å². The van der Waals surface area contributed by atoms with Gasteiger partial charge in [-0.1, -0.05) is 30.3 Å². The predicted octanol–water partition coefficient (Wildman–Crippen LogP) is 0.260. The van der Waals surface area contributed by atoms with Crippen molar-refractivity contribution in [2.45, 2.75) is 19.1 Å². The molecule has 2 heterocycles. The molecule has 0 saturated heterocycles. The van der Waals surface area contributed by atoms with Gasteiger partial charge in [-0.3, -0.25) is 0 Å². The summed E-state index contributed by atoms with van der Waals surface area (Å²) >= 11 is 1.83. The SMILES string of the molecule is CCOc1ccc(N2CC(O)(c3ccccc3)[N+]3=C2SCCC3)cc1.[Br-]. The first-order valence-electron chi connectivity index (χ1n) is 8.78. The molecule has 1 N–H and O–H groups in total. The van der Waals surface area contributed by atoms with E-state index >= 15 is 0 Å². The molecular weight excluding hydrogens is 412 g/mol. The van der Waals surface area contributed by atoms with Crippen LogP contribution in [0.3, 0.4) is 0 Å². The van der Waals surface area contributed by atoms with E-state index in [1.807, 2.05) is 61.2 Å². The average Bonchev–Trinajstić information content (AvgIpc) is 2.98. The highest BCUT2D eigenvalue weighted by Gasteiger charge is 2.53. The zero-order valence-corrected chi connectivity index (χ0v) is 17.2. The number of rotatable bonds is 4. The van der Waals surface area contributed by atoms with E-state index in [-0.39, 0.29) is 17.0 Å². The van der Waals surface area contributed by atoms with Gasteiger partial charge in [0.1, 0.15) is 11.4 Å². The number of halogens is 1. The van der Waals surface area contributed by atoms with Crippen molar-refractivity contribution in [2.24, 2.45) is 0 Å². The quantitative estimate of drug-likeness (QED) is 0.700. The number of ether oxygens (including phenoxy) is 1. The Kier molecular flexibility index (Phi) is 5.95. The molecule has 1 unspecified atom stereocenters. The Hall–Kier alpha value is -1.50. The molecule has 26 heavy (non-hydrogen) atoms. The zero-order valence-electron chi connectivity index (χ0n) is 14.8. The Labute approximate surface area is 169 Å². The summed E-state index contributed by atoms with van der Waals surface area (Å²) in [7, 11) is 0. The van der Waals surface area contributed by atoms with Crippen molar-refractivity contribution < 1.29 is 31.4 Å². The van der Waals surface area contributed by atoms with E-state index in [1.54, 1.807) is 0 Å². The maximum Gasteiger partial charge on any atom is 0.316 e. The van der Waals surface area contributed by atoms with E-state index in [0.717, 1.165) is 40.9 Å². The largest absolute Gasteiger partial charge is 1.00 e. The third kappa shape index (κ3) is 3.38. The number of benzene rings is 2. The van der Waals surface area contributed by atoms with Crippen LogP contribution in [0.15, 0.2) is 54.6 Å². The summed E-state index contributed by atoms with van der Waals surface area (Å²) in [5, 5.41) is 12.7. The molecule has 0 spiro atoms. The van der Waals surface area contributed by atoms with E-state index in [4.69, 9.17) is 4.74 Å². The summed E-state index contributed by atoms with van der Waals surface area (Å²) in [6, 6.07) is 18.1. The molecule has 0 amide bonds. The van der Waals surface area contributed by atoms with E-state index < -0.39 is 5.72 Å². The molecule has 2 aliphatic heterocycles. The van der Waals surface area contributed by atoms with Crippen LogP contribution in [-0.4, -0.2) is 40.3 Å². The Morgan fingerprint density at radius 3 is 2.58 bits per heavy atom. The first-order valence-corrected chi connectivity index (χ1v) is 9.76. The van der Waals surface area contributed by atoms with Crippen molar-refractivity contribution in [1.82, 2.24) is 0 Å². The second-order valence-electron chi connectivity index (χ2n) is 6.33. The van der Waals surface area contributed by atoms with Crippen molar-refractivity contribution in [2.75, 3.05) is 30.3 Å². The standard InChI is InChI=1S/C20H23N2O2S.BrH/c1-2-24-18-11-9-17(10-12-18)21-15-20(23,16-7-4-3-5-8-16)22-13-6-14-25-19(21)22;/h3-5,7-12,23H,2,6,13-15H2,1H3;1H/q+1;/p-1. The second kappa shape index (κ2) is 8.03. The first kappa shape index (κ1) is 19.3. The van der Waals surface area contributed by atoms with Gasteiger partial charge in [-0.25, -0.2) is 9.48 Å². The average molecular weight is 435 g/mol. The summed E-state index contributed by atoms with van der Waals surface area (Å²) in [4.78, 5) is 2.23. The third-order valence-electron chi connectivity index (χ3n) is 4.74. The van der Waals surface area contributed by atoms with E-state index in [1.165, 1.54) is 0 Å². The molecule has 0 aliphatic carbocycles. The minimum atomic E-state index is -0.984. The van der Waals surface area contributed by atoms with Crippen LogP contribution in [0.25, 0.3) is 0 Å². The maximum absolute atomic E-state index is 11.6. The summed E-state index contributed by atoms with van der Waals surface area (Å²) < 4.78 is 7.71. The highest BCUT2D eigenvalue weighted by Crippen LogP contribution is 2.37. The number of aliphatic hydroxyl groups is 1. The lowest BCUT2D eigenvalue weighted by Crippen LogP contribution is -3.00. The van der Waals surface area contributed by atoms with E-state index in [2.05, 4.69) is 21.6 Å².